The smallest absolute Gasteiger partial charge is 0.308 e. The van der Waals surface area contributed by atoms with Crippen LogP contribution in [0, 0.1) is 0 Å². The molecule has 0 aliphatic heterocycles. The van der Waals surface area contributed by atoms with Gasteiger partial charge in [-0.3, -0.25) is 0 Å². The highest BCUT2D eigenvalue weighted by atomic mass is 14.8. The standard InChI is InChI=1S/C8H6N2/c1-7-4-2-3-5-8(7)6-10-9/h2-5H,1H2. The second-order valence-electron chi connectivity index (χ2n) is 1.87. The lowest BCUT2D eigenvalue weighted by atomic mass is 10.3. The van der Waals surface area contributed by atoms with E-state index in [0.717, 1.165) is 5.22 Å². The van der Waals surface area contributed by atoms with Crippen LogP contribution in [-0.4, -0.2) is 10.7 Å². The van der Waals surface area contributed by atoms with Gasteiger partial charge in [-0.1, -0.05) is 24.8 Å². The molecule has 0 aromatic heterocycles. The predicted octanol–water partition coefficient (Wildman–Crippen LogP) is -0.332. The molecule has 1 aromatic rings. The number of hydrogen-bond donors (Lipinski definition) is 0. The SMILES string of the molecule is C=c1ccccc1=C=[N+]=[N-]. The van der Waals surface area contributed by atoms with E-state index < -0.39 is 0 Å². The van der Waals surface area contributed by atoms with Crippen LogP contribution in [0.3, 0.4) is 0 Å². The maximum Gasteiger partial charge on any atom is 0.308 e. The fourth-order valence-electron chi connectivity index (χ4n) is 0.683. The van der Waals surface area contributed by atoms with Gasteiger partial charge in [-0.15, -0.1) is 4.79 Å². The van der Waals surface area contributed by atoms with E-state index in [1.54, 1.807) is 6.07 Å². The second kappa shape index (κ2) is 2.79. The maximum absolute atomic E-state index is 8.13. The Morgan fingerprint density at radius 1 is 1.40 bits per heavy atom. The Morgan fingerprint density at radius 2 is 2.10 bits per heavy atom. The molecule has 0 fully saturated rings. The quantitative estimate of drug-likeness (QED) is 0.262. The zero-order valence-electron chi connectivity index (χ0n) is 5.41. The Morgan fingerprint density at radius 3 is 2.70 bits per heavy atom. The highest BCUT2D eigenvalue weighted by Crippen LogP contribution is 1.65. The van der Waals surface area contributed by atoms with Gasteiger partial charge in [0.1, 0.15) is 5.22 Å². The first-order chi connectivity index (χ1) is 4.84. The molecule has 0 unspecified atom stereocenters. The predicted molar refractivity (Wildman–Crippen MR) is 38.9 cm³/mol. The Balaban J connectivity index is 3.77. The molecule has 1 aromatic carbocycles. The van der Waals surface area contributed by atoms with Gasteiger partial charge in [-0.05, 0) is 11.3 Å². The van der Waals surface area contributed by atoms with E-state index in [9.17, 15) is 0 Å². The van der Waals surface area contributed by atoms with Crippen LogP contribution in [0.1, 0.15) is 0 Å². The Bertz CT molecular complexity index is 382. The molecule has 0 saturated carbocycles. The van der Waals surface area contributed by atoms with Crippen LogP contribution in [0.15, 0.2) is 24.3 Å². The van der Waals surface area contributed by atoms with E-state index in [0.29, 0.717) is 5.22 Å². The Kier molecular flexibility index (Phi) is 1.81. The molecule has 0 spiro atoms. The molecule has 0 atom stereocenters. The highest BCUT2D eigenvalue weighted by Gasteiger charge is 1.79. The summed E-state index contributed by atoms with van der Waals surface area (Å²) in [5, 5.41) is 1.52. The van der Waals surface area contributed by atoms with Gasteiger partial charge >= 0.3 is 5.87 Å². The van der Waals surface area contributed by atoms with E-state index in [1.165, 1.54) is 0 Å². The topological polar surface area (TPSA) is 36.4 Å². The average molecular weight is 130 g/mol. The molecule has 0 aliphatic rings. The van der Waals surface area contributed by atoms with Gasteiger partial charge in [0.2, 0.25) is 0 Å². The monoisotopic (exact) mass is 130 g/mol. The number of nitrogens with zero attached hydrogens (tertiary/aromatic N) is 2. The van der Waals surface area contributed by atoms with Gasteiger partial charge in [0, 0.05) is 0 Å². The lowest BCUT2D eigenvalue weighted by Gasteiger charge is -1.76. The first-order valence-corrected chi connectivity index (χ1v) is 2.85. The molecule has 0 saturated heterocycles. The summed E-state index contributed by atoms with van der Waals surface area (Å²) >= 11 is 0. The molecular weight excluding hydrogens is 124 g/mol. The largest absolute Gasteiger partial charge is 0.348 e. The second-order valence-corrected chi connectivity index (χ2v) is 1.87. The first kappa shape index (κ1) is 6.50. The summed E-state index contributed by atoms with van der Waals surface area (Å²) in [7, 11) is 0. The summed E-state index contributed by atoms with van der Waals surface area (Å²) < 4.78 is 0. The van der Waals surface area contributed by atoms with E-state index in [1.807, 2.05) is 18.2 Å². The molecule has 0 N–H and O–H groups in total. The van der Waals surface area contributed by atoms with Gasteiger partial charge < -0.3 is 5.53 Å². The van der Waals surface area contributed by atoms with Gasteiger partial charge in [-0.25, -0.2) is 0 Å². The van der Waals surface area contributed by atoms with Crippen molar-refractivity contribution in [2.45, 2.75) is 0 Å². The van der Waals surface area contributed by atoms with Crippen molar-refractivity contribution in [2.24, 2.45) is 0 Å². The van der Waals surface area contributed by atoms with E-state index in [-0.39, 0.29) is 0 Å². The molecule has 0 heterocycles. The van der Waals surface area contributed by atoms with Crippen LogP contribution in [0.4, 0.5) is 0 Å². The molecule has 48 valence electrons. The lowest BCUT2D eigenvalue weighted by Crippen LogP contribution is -2.23. The summed E-state index contributed by atoms with van der Waals surface area (Å²) in [6.45, 7) is 3.71. The van der Waals surface area contributed by atoms with Crippen LogP contribution < -0.4 is 10.4 Å². The zero-order chi connectivity index (χ0) is 7.40. The van der Waals surface area contributed by atoms with Gasteiger partial charge in [0.25, 0.3) is 0 Å². The summed E-state index contributed by atoms with van der Waals surface area (Å²) in [4.78, 5) is 2.78. The van der Waals surface area contributed by atoms with Crippen LogP contribution in [0.25, 0.3) is 12.1 Å². The molecule has 2 nitrogen and oxygen atoms in total. The fraction of sp³-hybridized carbons (Fsp3) is 0. The average Bonchev–Trinajstić information content (AvgIpc) is 1.94. The van der Waals surface area contributed by atoms with Crippen molar-refractivity contribution in [1.29, 1.82) is 0 Å². The molecule has 0 aliphatic carbocycles. The van der Waals surface area contributed by atoms with E-state index in [4.69, 9.17) is 5.53 Å². The van der Waals surface area contributed by atoms with Crippen LogP contribution in [0.5, 0.6) is 0 Å². The summed E-state index contributed by atoms with van der Waals surface area (Å²) in [6, 6.07) is 7.31. The summed E-state index contributed by atoms with van der Waals surface area (Å²) in [5.74, 6) is 2.39. The van der Waals surface area contributed by atoms with Gasteiger partial charge in [0.15, 0.2) is 0 Å². The molecule has 0 radical (unpaired) electrons. The Labute approximate surface area is 58.4 Å². The van der Waals surface area contributed by atoms with E-state index in [2.05, 4.69) is 17.2 Å². The van der Waals surface area contributed by atoms with Crippen LogP contribution in [-0.2, 0) is 0 Å². The third kappa shape index (κ3) is 1.20. The third-order valence-corrected chi connectivity index (χ3v) is 1.19. The summed E-state index contributed by atoms with van der Waals surface area (Å²) in [5.41, 5.74) is 8.13. The fourth-order valence-corrected chi connectivity index (χ4v) is 0.683. The zero-order valence-corrected chi connectivity index (χ0v) is 5.41. The normalized spacial score (nSPS) is 8.00. The van der Waals surface area contributed by atoms with Crippen molar-refractivity contribution >= 4 is 12.4 Å². The molecular formula is C8H6N2. The highest BCUT2D eigenvalue weighted by molar-refractivity contribution is 5.46. The summed E-state index contributed by atoms with van der Waals surface area (Å²) in [6.07, 6.45) is 0. The molecule has 2 heteroatoms. The van der Waals surface area contributed by atoms with Crippen molar-refractivity contribution in [3.8, 4) is 0 Å². The van der Waals surface area contributed by atoms with Gasteiger partial charge in [0.05, 0.1) is 0 Å². The van der Waals surface area contributed by atoms with Crippen LogP contribution >= 0.6 is 0 Å². The third-order valence-electron chi connectivity index (χ3n) is 1.19. The number of benzene rings is 1. The van der Waals surface area contributed by atoms with E-state index >= 15 is 0 Å². The minimum atomic E-state index is 0.713. The lowest BCUT2D eigenvalue weighted by molar-refractivity contribution is 0.00743. The minimum Gasteiger partial charge on any atom is -0.348 e. The Hall–Kier alpha value is -1.62. The minimum absolute atomic E-state index is 0.713. The van der Waals surface area contributed by atoms with Crippen LogP contribution in [0.2, 0.25) is 0 Å². The molecule has 0 amide bonds. The molecule has 10 heavy (non-hydrogen) atoms. The number of hydrogen-bond acceptors (Lipinski definition) is 0. The first-order valence-electron chi connectivity index (χ1n) is 2.85. The van der Waals surface area contributed by atoms with Crippen molar-refractivity contribution < 1.29 is 4.79 Å². The molecule has 1 rings (SSSR count). The molecule has 0 bridgehead atoms. The number of rotatable bonds is 0. The van der Waals surface area contributed by atoms with Gasteiger partial charge in [-0.2, -0.15) is 0 Å². The van der Waals surface area contributed by atoms with Crippen molar-refractivity contribution in [3.05, 3.63) is 40.2 Å². The van der Waals surface area contributed by atoms with Crippen molar-refractivity contribution in [3.63, 3.8) is 0 Å². The van der Waals surface area contributed by atoms with Crippen molar-refractivity contribution in [1.82, 2.24) is 0 Å². The van der Waals surface area contributed by atoms with Crippen molar-refractivity contribution in [2.75, 3.05) is 0 Å². The maximum atomic E-state index is 8.13.